The Bertz CT molecular complexity index is 294. The van der Waals surface area contributed by atoms with Crippen LogP contribution in [0.4, 0.5) is 0 Å². The molecule has 2 rings (SSSR count). The Hall–Kier alpha value is -0.610. The number of carbonyl (C=O) groups is 1. The average Bonchev–Trinajstić information content (AvgIpc) is 2.69. The van der Waals surface area contributed by atoms with Crippen LogP contribution in [0, 0.1) is 5.92 Å². The van der Waals surface area contributed by atoms with Gasteiger partial charge in [0.15, 0.2) is 0 Å². The van der Waals surface area contributed by atoms with Crippen LogP contribution in [-0.2, 0) is 9.53 Å². The Morgan fingerprint density at radius 3 is 2.94 bits per heavy atom. The van der Waals surface area contributed by atoms with E-state index in [4.69, 9.17) is 4.74 Å². The van der Waals surface area contributed by atoms with Crippen molar-refractivity contribution in [1.29, 1.82) is 0 Å². The minimum Gasteiger partial charge on any atom is -0.469 e. The summed E-state index contributed by atoms with van der Waals surface area (Å²) in [7, 11) is 1.40. The van der Waals surface area contributed by atoms with E-state index in [1.807, 2.05) is 6.92 Å². The number of hydrogen-bond acceptors (Lipinski definition) is 4. The molecule has 3 atom stereocenters. The molecule has 0 spiro atoms. The quantitative estimate of drug-likeness (QED) is 0.754. The fourth-order valence-corrected chi connectivity index (χ4v) is 3.59. The van der Waals surface area contributed by atoms with E-state index in [0.717, 1.165) is 25.9 Å². The maximum Gasteiger partial charge on any atom is 0.311 e. The van der Waals surface area contributed by atoms with Crippen molar-refractivity contribution in [2.24, 2.45) is 5.92 Å². The SMILES string of the molecule is CCC(C(=O)OC)C1(O)CCN2CCCCC21. The van der Waals surface area contributed by atoms with Gasteiger partial charge in [0.05, 0.1) is 18.6 Å². The third-order valence-electron chi connectivity index (χ3n) is 4.49. The van der Waals surface area contributed by atoms with Crippen LogP contribution in [0.15, 0.2) is 0 Å². The van der Waals surface area contributed by atoms with Crippen LogP contribution in [0.3, 0.4) is 0 Å². The highest BCUT2D eigenvalue weighted by Gasteiger charge is 2.53. The van der Waals surface area contributed by atoms with E-state index in [1.54, 1.807) is 0 Å². The first-order chi connectivity index (χ1) is 8.13. The minimum atomic E-state index is -0.873. The van der Waals surface area contributed by atoms with E-state index < -0.39 is 5.60 Å². The number of fused-ring (bicyclic) bond motifs is 1. The zero-order valence-corrected chi connectivity index (χ0v) is 10.8. The first-order valence-corrected chi connectivity index (χ1v) is 6.67. The van der Waals surface area contributed by atoms with Crippen molar-refractivity contribution < 1.29 is 14.6 Å². The number of rotatable bonds is 3. The van der Waals surface area contributed by atoms with Crippen LogP contribution in [0.25, 0.3) is 0 Å². The van der Waals surface area contributed by atoms with Crippen molar-refractivity contribution in [3.05, 3.63) is 0 Å². The highest BCUT2D eigenvalue weighted by Crippen LogP contribution is 2.41. The van der Waals surface area contributed by atoms with Gasteiger partial charge in [-0.05, 0) is 32.2 Å². The van der Waals surface area contributed by atoms with Gasteiger partial charge in [-0.1, -0.05) is 13.3 Å². The topological polar surface area (TPSA) is 49.8 Å². The molecule has 2 aliphatic rings. The Labute approximate surface area is 103 Å². The van der Waals surface area contributed by atoms with E-state index in [-0.39, 0.29) is 17.9 Å². The summed E-state index contributed by atoms with van der Waals surface area (Å²) in [6.45, 7) is 3.92. The smallest absolute Gasteiger partial charge is 0.311 e. The van der Waals surface area contributed by atoms with Gasteiger partial charge in [0.25, 0.3) is 0 Å². The van der Waals surface area contributed by atoms with Crippen molar-refractivity contribution in [2.75, 3.05) is 20.2 Å². The lowest BCUT2D eigenvalue weighted by molar-refractivity contribution is -0.159. The monoisotopic (exact) mass is 241 g/mol. The second kappa shape index (κ2) is 4.94. The van der Waals surface area contributed by atoms with Crippen molar-refractivity contribution in [1.82, 2.24) is 4.90 Å². The molecule has 0 aromatic heterocycles. The molecule has 3 unspecified atom stereocenters. The summed E-state index contributed by atoms with van der Waals surface area (Å²) in [5.74, 6) is -0.636. The van der Waals surface area contributed by atoms with Crippen LogP contribution >= 0.6 is 0 Å². The van der Waals surface area contributed by atoms with Crippen molar-refractivity contribution >= 4 is 5.97 Å². The van der Waals surface area contributed by atoms with Crippen molar-refractivity contribution in [2.45, 2.75) is 50.7 Å². The van der Waals surface area contributed by atoms with Gasteiger partial charge in [-0.2, -0.15) is 0 Å². The van der Waals surface area contributed by atoms with Gasteiger partial charge < -0.3 is 9.84 Å². The van der Waals surface area contributed by atoms with Gasteiger partial charge >= 0.3 is 5.97 Å². The molecule has 2 aliphatic heterocycles. The fourth-order valence-electron chi connectivity index (χ4n) is 3.59. The zero-order chi connectivity index (χ0) is 12.5. The summed E-state index contributed by atoms with van der Waals surface area (Å²) >= 11 is 0. The highest BCUT2D eigenvalue weighted by molar-refractivity contribution is 5.74. The number of piperidine rings is 1. The molecule has 0 aromatic carbocycles. The molecule has 0 bridgehead atoms. The molecule has 4 heteroatoms. The van der Waals surface area contributed by atoms with Gasteiger partial charge in [0.2, 0.25) is 0 Å². The molecule has 0 radical (unpaired) electrons. The average molecular weight is 241 g/mol. The summed E-state index contributed by atoms with van der Waals surface area (Å²) in [5.41, 5.74) is -0.873. The third kappa shape index (κ3) is 2.08. The van der Waals surface area contributed by atoms with E-state index >= 15 is 0 Å². The van der Waals surface area contributed by atoms with Crippen LogP contribution in [-0.4, -0.2) is 47.8 Å². The first-order valence-electron chi connectivity index (χ1n) is 6.67. The van der Waals surface area contributed by atoms with Gasteiger partial charge in [-0.3, -0.25) is 9.69 Å². The Balaban J connectivity index is 2.19. The van der Waals surface area contributed by atoms with E-state index in [2.05, 4.69) is 4.90 Å². The maximum atomic E-state index is 11.8. The Morgan fingerprint density at radius 2 is 2.29 bits per heavy atom. The highest BCUT2D eigenvalue weighted by atomic mass is 16.5. The Kier molecular flexibility index (Phi) is 3.73. The standard InChI is InChI=1S/C13H23NO3/c1-3-10(12(15)17-2)13(16)7-9-14-8-5-4-6-11(13)14/h10-11,16H,3-9H2,1-2H3. The van der Waals surface area contributed by atoms with Gasteiger partial charge in [-0.15, -0.1) is 0 Å². The second-order valence-corrected chi connectivity index (χ2v) is 5.27. The number of esters is 1. The molecule has 2 heterocycles. The summed E-state index contributed by atoms with van der Waals surface area (Å²) < 4.78 is 4.84. The molecule has 17 heavy (non-hydrogen) atoms. The van der Waals surface area contributed by atoms with Crippen LogP contribution in [0.1, 0.15) is 39.0 Å². The van der Waals surface area contributed by atoms with Gasteiger partial charge in [0, 0.05) is 12.6 Å². The summed E-state index contributed by atoms with van der Waals surface area (Å²) in [4.78, 5) is 14.2. The number of ether oxygens (including phenoxy) is 1. The van der Waals surface area contributed by atoms with Gasteiger partial charge in [0.1, 0.15) is 0 Å². The first kappa shape index (κ1) is 12.8. The van der Waals surface area contributed by atoms with Crippen LogP contribution in [0.5, 0.6) is 0 Å². The molecule has 0 amide bonds. The van der Waals surface area contributed by atoms with Gasteiger partial charge in [-0.25, -0.2) is 0 Å². The maximum absolute atomic E-state index is 11.8. The third-order valence-corrected chi connectivity index (χ3v) is 4.49. The predicted octanol–water partition coefficient (Wildman–Crippen LogP) is 1.17. The summed E-state index contributed by atoms with van der Waals surface area (Å²) in [6.07, 6.45) is 4.71. The normalized spacial score (nSPS) is 35.4. The lowest BCUT2D eigenvalue weighted by Crippen LogP contribution is -2.53. The molecule has 0 aromatic rings. The molecule has 98 valence electrons. The molecular weight excluding hydrogens is 218 g/mol. The Morgan fingerprint density at radius 1 is 1.53 bits per heavy atom. The molecule has 2 saturated heterocycles. The number of aliphatic hydroxyl groups is 1. The number of methoxy groups -OCH3 is 1. The summed E-state index contributed by atoms with van der Waals surface area (Å²) in [5, 5.41) is 10.9. The number of nitrogens with zero attached hydrogens (tertiary/aromatic N) is 1. The molecule has 1 N–H and O–H groups in total. The lowest BCUT2D eigenvalue weighted by atomic mass is 9.77. The summed E-state index contributed by atoms with van der Waals surface area (Å²) in [6, 6.07) is 0.153. The van der Waals surface area contributed by atoms with Crippen LogP contribution < -0.4 is 0 Å². The largest absolute Gasteiger partial charge is 0.469 e. The van der Waals surface area contributed by atoms with E-state index in [1.165, 1.54) is 13.5 Å². The molecule has 0 aliphatic carbocycles. The fraction of sp³-hybridized carbons (Fsp3) is 0.923. The number of carbonyl (C=O) groups excluding carboxylic acids is 1. The van der Waals surface area contributed by atoms with Crippen molar-refractivity contribution in [3.8, 4) is 0 Å². The number of hydrogen-bond donors (Lipinski definition) is 1. The minimum absolute atomic E-state index is 0.153. The van der Waals surface area contributed by atoms with E-state index in [9.17, 15) is 9.90 Å². The molecule has 0 saturated carbocycles. The molecule has 2 fully saturated rings. The van der Waals surface area contributed by atoms with Crippen molar-refractivity contribution in [3.63, 3.8) is 0 Å². The van der Waals surface area contributed by atoms with E-state index in [0.29, 0.717) is 12.8 Å². The second-order valence-electron chi connectivity index (χ2n) is 5.27. The lowest BCUT2D eigenvalue weighted by Gasteiger charge is -2.40. The molecular formula is C13H23NO3. The molecule has 4 nitrogen and oxygen atoms in total. The predicted molar refractivity (Wildman–Crippen MR) is 64.6 cm³/mol. The zero-order valence-electron chi connectivity index (χ0n) is 10.8. The van der Waals surface area contributed by atoms with Crippen LogP contribution in [0.2, 0.25) is 0 Å².